The van der Waals surface area contributed by atoms with Gasteiger partial charge in [0, 0.05) is 30.7 Å². The fraction of sp³-hybridized carbons (Fsp3) is 0.500. The van der Waals surface area contributed by atoms with E-state index in [0.717, 1.165) is 32.6 Å². The molecule has 3 rings (SSSR count). The highest BCUT2D eigenvalue weighted by Crippen LogP contribution is 2.26. The summed E-state index contributed by atoms with van der Waals surface area (Å²) in [5, 5.41) is 10.3. The Kier molecular flexibility index (Phi) is 3.37. The number of fused-ring (bicyclic) bond motifs is 1. The number of phenols is 1. The number of carbonyl (C=O) groups is 1. The van der Waals surface area contributed by atoms with E-state index < -0.39 is 0 Å². The lowest BCUT2D eigenvalue weighted by Gasteiger charge is -2.37. The minimum atomic E-state index is -0.119. The Morgan fingerprint density at radius 1 is 1.32 bits per heavy atom. The molecule has 5 heteroatoms. The van der Waals surface area contributed by atoms with Crippen molar-refractivity contribution >= 4 is 17.5 Å². The first-order valence-corrected chi connectivity index (χ1v) is 7.05. The topological polar surface area (TPSA) is 43.8 Å². The molecule has 0 aromatic heterocycles. The zero-order chi connectivity index (χ0) is 13.4. The number of amides is 1. The van der Waals surface area contributed by atoms with Crippen LogP contribution in [0, 0.1) is 0 Å². The average Bonchev–Trinajstić information content (AvgIpc) is 2.88. The number of aromatic hydroxyl groups is 1. The Morgan fingerprint density at radius 3 is 3.00 bits per heavy atom. The predicted molar refractivity (Wildman–Crippen MR) is 73.6 cm³/mol. The summed E-state index contributed by atoms with van der Waals surface area (Å²) in [6, 6.07) is 5.09. The van der Waals surface area contributed by atoms with Gasteiger partial charge < -0.3 is 10.0 Å². The molecular weight excluding hydrogens is 264 g/mol. The molecule has 0 radical (unpaired) electrons. The number of benzene rings is 1. The molecule has 1 unspecified atom stereocenters. The van der Waals surface area contributed by atoms with E-state index in [1.165, 1.54) is 12.5 Å². The molecular formula is C14H17ClN2O2. The molecule has 1 N–H and O–H groups in total. The Morgan fingerprint density at radius 2 is 2.16 bits per heavy atom. The Bertz CT molecular complexity index is 506. The van der Waals surface area contributed by atoms with Crippen LogP contribution in [0.15, 0.2) is 18.2 Å². The maximum Gasteiger partial charge on any atom is 0.257 e. The lowest BCUT2D eigenvalue weighted by atomic mass is 10.1. The van der Waals surface area contributed by atoms with Crippen LogP contribution in [0.5, 0.6) is 5.75 Å². The normalized spacial score (nSPS) is 23.4. The van der Waals surface area contributed by atoms with Gasteiger partial charge in [-0.3, -0.25) is 9.69 Å². The summed E-state index contributed by atoms with van der Waals surface area (Å²) >= 11 is 5.90. The number of nitrogens with zero attached hydrogens (tertiary/aromatic N) is 2. The molecule has 102 valence electrons. The molecule has 2 saturated heterocycles. The van der Waals surface area contributed by atoms with Crippen molar-refractivity contribution in [2.24, 2.45) is 0 Å². The highest BCUT2D eigenvalue weighted by molar-refractivity contribution is 6.31. The SMILES string of the molecule is O=C(c1cc(Cl)ccc1O)N1CCN2CCCC2C1. The van der Waals surface area contributed by atoms with Gasteiger partial charge in [0.15, 0.2) is 0 Å². The van der Waals surface area contributed by atoms with E-state index in [0.29, 0.717) is 16.6 Å². The highest BCUT2D eigenvalue weighted by Gasteiger charge is 2.33. The van der Waals surface area contributed by atoms with Crippen LogP contribution in [0.25, 0.3) is 0 Å². The summed E-state index contributed by atoms with van der Waals surface area (Å²) in [5.41, 5.74) is 0.305. The van der Waals surface area contributed by atoms with Crippen LogP contribution in [0.2, 0.25) is 5.02 Å². The third-order valence-corrected chi connectivity index (χ3v) is 4.30. The molecule has 4 nitrogen and oxygen atoms in total. The van der Waals surface area contributed by atoms with E-state index in [-0.39, 0.29) is 11.7 Å². The van der Waals surface area contributed by atoms with Gasteiger partial charge in [-0.2, -0.15) is 0 Å². The minimum absolute atomic E-state index is 0.00301. The first kappa shape index (κ1) is 12.8. The van der Waals surface area contributed by atoms with Crippen LogP contribution < -0.4 is 0 Å². The lowest BCUT2D eigenvalue weighted by molar-refractivity contribution is 0.0568. The second-order valence-corrected chi connectivity index (χ2v) is 5.68. The van der Waals surface area contributed by atoms with E-state index in [4.69, 9.17) is 11.6 Å². The van der Waals surface area contributed by atoms with Crippen LogP contribution >= 0.6 is 11.6 Å². The molecule has 2 aliphatic rings. The van der Waals surface area contributed by atoms with Gasteiger partial charge >= 0.3 is 0 Å². The number of piperazine rings is 1. The molecule has 1 atom stereocenters. The van der Waals surface area contributed by atoms with E-state index in [2.05, 4.69) is 4.90 Å². The number of phenolic OH excluding ortho intramolecular Hbond substituents is 1. The summed E-state index contributed by atoms with van der Waals surface area (Å²) in [7, 11) is 0. The first-order valence-electron chi connectivity index (χ1n) is 6.67. The maximum absolute atomic E-state index is 12.5. The molecule has 2 aliphatic heterocycles. The molecule has 1 aromatic carbocycles. The van der Waals surface area contributed by atoms with Crippen molar-refractivity contribution in [2.45, 2.75) is 18.9 Å². The highest BCUT2D eigenvalue weighted by atomic mass is 35.5. The van der Waals surface area contributed by atoms with Crippen molar-refractivity contribution in [3.8, 4) is 5.75 Å². The van der Waals surface area contributed by atoms with Gasteiger partial charge in [0.25, 0.3) is 5.91 Å². The Balaban J connectivity index is 1.78. The molecule has 0 bridgehead atoms. The summed E-state index contributed by atoms with van der Waals surface area (Å²) in [6.07, 6.45) is 2.38. The lowest BCUT2D eigenvalue weighted by Crippen LogP contribution is -2.52. The summed E-state index contributed by atoms with van der Waals surface area (Å²) in [5.74, 6) is -0.116. The maximum atomic E-state index is 12.5. The Hall–Kier alpha value is -1.26. The van der Waals surface area contributed by atoms with Crippen LogP contribution in [0.3, 0.4) is 0 Å². The fourth-order valence-electron chi connectivity index (χ4n) is 3.03. The first-order chi connectivity index (χ1) is 9.15. The van der Waals surface area contributed by atoms with Gasteiger partial charge in [-0.1, -0.05) is 11.6 Å². The van der Waals surface area contributed by atoms with Gasteiger partial charge in [-0.25, -0.2) is 0 Å². The zero-order valence-corrected chi connectivity index (χ0v) is 11.4. The largest absolute Gasteiger partial charge is 0.507 e. The van der Waals surface area contributed by atoms with E-state index in [1.54, 1.807) is 12.1 Å². The van der Waals surface area contributed by atoms with Crippen molar-refractivity contribution < 1.29 is 9.90 Å². The molecule has 0 spiro atoms. The summed E-state index contributed by atoms with van der Waals surface area (Å²) in [4.78, 5) is 16.7. The zero-order valence-electron chi connectivity index (χ0n) is 10.7. The van der Waals surface area contributed by atoms with Crippen molar-refractivity contribution in [1.82, 2.24) is 9.80 Å². The van der Waals surface area contributed by atoms with Gasteiger partial charge in [-0.15, -0.1) is 0 Å². The van der Waals surface area contributed by atoms with Gasteiger partial charge in [-0.05, 0) is 37.6 Å². The number of carbonyl (C=O) groups excluding carboxylic acids is 1. The standard InChI is InChI=1S/C14H17ClN2O2/c15-10-3-4-13(18)12(8-10)14(19)17-7-6-16-5-1-2-11(16)9-17/h3-4,8,11,18H,1-2,5-7,9H2. The van der Waals surface area contributed by atoms with Crippen LogP contribution in [0.1, 0.15) is 23.2 Å². The molecule has 1 amide bonds. The van der Waals surface area contributed by atoms with Gasteiger partial charge in [0.05, 0.1) is 5.56 Å². The second-order valence-electron chi connectivity index (χ2n) is 5.24. The monoisotopic (exact) mass is 280 g/mol. The number of halogens is 1. The third-order valence-electron chi connectivity index (χ3n) is 4.06. The van der Waals surface area contributed by atoms with E-state index in [1.807, 2.05) is 4.90 Å². The van der Waals surface area contributed by atoms with Gasteiger partial charge in [0.2, 0.25) is 0 Å². The summed E-state index contributed by atoms with van der Waals surface area (Å²) in [6.45, 7) is 3.55. The van der Waals surface area contributed by atoms with Crippen LogP contribution in [0.4, 0.5) is 0 Å². The van der Waals surface area contributed by atoms with Crippen molar-refractivity contribution in [3.63, 3.8) is 0 Å². The predicted octanol–water partition coefficient (Wildman–Crippen LogP) is 1.97. The van der Waals surface area contributed by atoms with Crippen molar-refractivity contribution in [2.75, 3.05) is 26.2 Å². The smallest absolute Gasteiger partial charge is 0.257 e. The molecule has 19 heavy (non-hydrogen) atoms. The number of hydrogen-bond donors (Lipinski definition) is 1. The van der Waals surface area contributed by atoms with E-state index >= 15 is 0 Å². The molecule has 2 fully saturated rings. The number of rotatable bonds is 1. The van der Waals surface area contributed by atoms with Crippen LogP contribution in [-0.4, -0.2) is 53.0 Å². The summed E-state index contributed by atoms with van der Waals surface area (Å²) < 4.78 is 0. The average molecular weight is 281 g/mol. The Labute approximate surface area is 117 Å². The van der Waals surface area contributed by atoms with Gasteiger partial charge in [0.1, 0.15) is 5.75 Å². The van der Waals surface area contributed by atoms with Crippen molar-refractivity contribution in [1.29, 1.82) is 0 Å². The molecule has 0 aliphatic carbocycles. The molecule has 2 heterocycles. The number of hydrogen-bond acceptors (Lipinski definition) is 3. The minimum Gasteiger partial charge on any atom is -0.507 e. The second kappa shape index (κ2) is 5.02. The molecule has 0 saturated carbocycles. The third kappa shape index (κ3) is 2.42. The van der Waals surface area contributed by atoms with Crippen LogP contribution in [-0.2, 0) is 0 Å². The van der Waals surface area contributed by atoms with Crippen molar-refractivity contribution in [3.05, 3.63) is 28.8 Å². The fourth-order valence-corrected chi connectivity index (χ4v) is 3.20. The quantitative estimate of drug-likeness (QED) is 0.855. The molecule has 1 aromatic rings. The van der Waals surface area contributed by atoms with E-state index in [9.17, 15) is 9.90 Å².